The lowest BCUT2D eigenvalue weighted by atomic mass is 10.2. The van der Waals surface area contributed by atoms with Gasteiger partial charge in [0, 0.05) is 17.5 Å². The Balaban J connectivity index is 1.86. The number of aryl methyl sites for hydroxylation is 1. The average Bonchev–Trinajstić information content (AvgIpc) is 2.88. The maximum absolute atomic E-state index is 5.49. The molecule has 0 aliphatic rings. The van der Waals surface area contributed by atoms with Crippen LogP contribution >= 0.6 is 11.8 Å². The van der Waals surface area contributed by atoms with E-state index < -0.39 is 0 Å². The van der Waals surface area contributed by atoms with Gasteiger partial charge in [0.2, 0.25) is 5.16 Å². The summed E-state index contributed by atoms with van der Waals surface area (Å²) in [4.78, 5) is 8.75. The van der Waals surface area contributed by atoms with Crippen LogP contribution in [0.4, 0.5) is 5.82 Å². The molecule has 0 saturated heterocycles. The molecule has 2 heterocycles. The van der Waals surface area contributed by atoms with E-state index in [1.807, 2.05) is 31.2 Å². The second kappa shape index (κ2) is 5.48. The zero-order valence-electron chi connectivity index (χ0n) is 10.9. The number of benzene rings is 1. The van der Waals surface area contributed by atoms with Crippen LogP contribution in [0.2, 0.25) is 0 Å². The zero-order chi connectivity index (χ0) is 13.9. The summed E-state index contributed by atoms with van der Waals surface area (Å²) in [5.74, 6) is 7.53. The molecule has 0 amide bonds. The first-order valence-electron chi connectivity index (χ1n) is 6.14. The SMILES string of the molecule is Cc1cc(NN)n2nc(SCc3ccccc3)nc2n1. The summed E-state index contributed by atoms with van der Waals surface area (Å²) in [5, 5.41) is 5.09. The van der Waals surface area contributed by atoms with Crippen LogP contribution in [0.3, 0.4) is 0 Å². The fourth-order valence-corrected chi connectivity index (χ4v) is 2.63. The highest BCUT2D eigenvalue weighted by atomic mass is 32.2. The Bertz CT molecular complexity index is 724. The Morgan fingerprint density at radius 3 is 2.80 bits per heavy atom. The normalized spacial score (nSPS) is 10.9. The van der Waals surface area contributed by atoms with Gasteiger partial charge in [-0.3, -0.25) is 0 Å². The van der Waals surface area contributed by atoms with Crippen LogP contribution in [0.15, 0.2) is 41.6 Å². The van der Waals surface area contributed by atoms with Crippen LogP contribution in [0, 0.1) is 6.92 Å². The smallest absolute Gasteiger partial charge is 0.255 e. The molecule has 0 unspecified atom stereocenters. The van der Waals surface area contributed by atoms with Gasteiger partial charge in [0.1, 0.15) is 5.82 Å². The molecule has 0 atom stereocenters. The van der Waals surface area contributed by atoms with E-state index in [1.165, 1.54) is 5.56 Å². The topological polar surface area (TPSA) is 81.1 Å². The molecule has 0 aliphatic heterocycles. The highest BCUT2D eigenvalue weighted by Crippen LogP contribution is 2.21. The third-order valence-electron chi connectivity index (χ3n) is 2.78. The number of nitrogens with one attached hydrogen (secondary N) is 1. The number of nitrogen functional groups attached to an aromatic ring is 1. The molecule has 3 rings (SSSR count). The van der Waals surface area contributed by atoms with E-state index in [4.69, 9.17) is 5.84 Å². The highest BCUT2D eigenvalue weighted by Gasteiger charge is 2.09. The van der Waals surface area contributed by atoms with Gasteiger partial charge in [-0.05, 0) is 12.5 Å². The molecule has 0 bridgehead atoms. The molecule has 3 N–H and O–H groups in total. The molecule has 7 heteroatoms. The third kappa shape index (κ3) is 2.59. The largest absolute Gasteiger partial charge is 0.308 e. The van der Waals surface area contributed by atoms with Crippen molar-refractivity contribution in [1.82, 2.24) is 19.6 Å². The highest BCUT2D eigenvalue weighted by molar-refractivity contribution is 7.98. The summed E-state index contributed by atoms with van der Waals surface area (Å²) in [6.07, 6.45) is 0. The number of thioether (sulfide) groups is 1. The molecule has 0 spiro atoms. The number of aromatic nitrogens is 4. The Morgan fingerprint density at radius 2 is 2.05 bits per heavy atom. The Labute approximate surface area is 120 Å². The van der Waals surface area contributed by atoms with Crippen LogP contribution in [0.25, 0.3) is 5.78 Å². The lowest BCUT2D eigenvalue weighted by Crippen LogP contribution is -2.12. The van der Waals surface area contributed by atoms with E-state index in [-0.39, 0.29) is 0 Å². The quantitative estimate of drug-likeness (QED) is 0.434. The molecule has 0 radical (unpaired) electrons. The van der Waals surface area contributed by atoms with Gasteiger partial charge in [-0.15, -0.1) is 5.10 Å². The summed E-state index contributed by atoms with van der Waals surface area (Å²) < 4.78 is 1.61. The predicted molar refractivity (Wildman–Crippen MR) is 79.3 cm³/mol. The van der Waals surface area contributed by atoms with Crippen molar-refractivity contribution in [3.8, 4) is 0 Å². The second-order valence-corrected chi connectivity index (χ2v) is 5.25. The monoisotopic (exact) mass is 286 g/mol. The van der Waals surface area contributed by atoms with Crippen LogP contribution in [-0.2, 0) is 5.75 Å². The number of nitrogens with two attached hydrogens (primary N) is 1. The fourth-order valence-electron chi connectivity index (χ4n) is 1.85. The number of hydrazine groups is 1. The van der Waals surface area contributed by atoms with Gasteiger partial charge in [-0.25, -0.2) is 10.8 Å². The first-order valence-corrected chi connectivity index (χ1v) is 7.12. The van der Waals surface area contributed by atoms with Gasteiger partial charge in [0.05, 0.1) is 0 Å². The number of nitrogens with zero attached hydrogens (tertiary/aromatic N) is 4. The van der Waals surface area contributed by atoms with Crippen molar-refractivity contribution in [3.05, 3.63) is 47.7 Å². The van der Waals surface area contributed by atoms with Gasteiger partial charge in [0.25, 0.3) is 5.78 Å². The van der Waals surface area contributed by atoms with Crippen molar-refractivity contribution in [2.75, 3.05) is 5.43 Å². The van der Waals surface area contributed by atoms with Gasteiger partial charge in [-0.1, -0.05) is 42.1 Å². The number of fused-ring (bicyclic) bond motifs is 1. The minimum atomic E-state index is 0.550. The predicted octanol–water partition coefficient (Wildman–Crippen LogP) is 2.01. The number of hydrogen-bond acceptors (Lipinski definition) is 6. The molecule has 0 aliphatic carbocycles. The third-order valence-corrected chi connectivity index (χ3v) is 3.69. The minimum absolute atomic E-state index is 0.550. The summed E-state index contributed by atoms with van der Waals surface area (Å²) in [6, 6.07) is 12.0. The molecular formula is C13H14N6S. The number of anilines is 1. The number of hydrogen-bond donors (Lipinski definition) is 2. The average molecular weight is 286 g/mol. The van der Waals surface area contributed by atoms with E-state index >= 15 is 0 Å². The number of rotatable bonds is 4. The van der Waals surface area contributed by atoms with Crippen molar-refractivity contribution >= 4 is 23.4 Å². The van der Waals surface area contributed by atoms with Crippen molar-refractivity contribution in [2.24, 2.45) is 5.84 Å². The van der Waals surface area contributed by atoms with Crippen LogP contribution in [0.5, 0.6) is 0 Å². The van der Waals surface area contributed by atoms with Crippen molar-refractivity contribution in [1.29, 1.82) is 0 Å². The molecule has 6 nitrogen and oxygen atoms in total. The Kier molecular flexibility index (Phi) is 3.53. The van der Waals surface area contributed by atoms with Crippen LogP contribution in [0.1, 0.15) is 11.3 Å². The molecule has 1 aromatic carbocycles. The molecule has 0 fully saturated rings. The molecule has 0 saturated carbocycles. The summed E-state index contributed by atoms with van der Waals surface area (Å²) in [7, 11) is 0. The lowest BCUT2D eigenvalue weighted by molar-refractivity contribution is 0.875. The van der Waals surface area contributed by atoms with E-state index in [0.717, 1.165) is 11.4 Å². The molecule has 3 aromatic rings. The van der Waals surface area contributed by atoms with Crippen LogP contribution < -0.4 is 11.3 Å². The van der Waals surface area contributed by atoms with Crippen molar-refractivity contribution in [2.45, 2.75) is 17.8 Å². The summed E-state index contributed by atoms with van der Waals surface area (Å²) in [5.41, 5.74) is 4.69. The Morgan fingerprint density at radius 1 is 1.25 bits per heavy atom. The molecule has 20 heavy (non-hydrogen) atoms. The zero-order valence-corrected chi connectivity index (χ0v) is 11.8. The summed E-state index contributed by atoms with van der Waals surface area (Å²) in [6.45, 7) is 1.90. The molecule has 2 aromatic heterocycles. The fraction of sp³-hybridized carbons (Fsp3) is 0.154. The van der Waals surface area contributed by atoms with E-state index in [2.05, 4.69) is 32.6 Å². The maximum atomic E-state index is 5.49. The van der Waals surface area contributed by atoms with Gasteiger partial charge >= 0.3 is 0 Å². The Hall–Kier alpha value is -2.12. The summed E-state index contributed by atoms with van der Waals surface area (Å²) >= 11 is 1.57. The van der Waals surface area contributed by atoms with Gasteiger partial charge < -0.3 is 5.43 Å². The maximum Gasteiger partial charge on any atom is 0.255 e. The van der Waals surface area contributed by atoms with E-state index in [9.17, 15) is 0 Å². The molecule has 102 valence electrons. The second-order valence-electron chi connectivity index (χ2n) is 4.31. The van der Waals surface area contributed by atoms with Crippen molar-refractivity contribution < 1.29 is 0 Å². The van der Waals surface area contributed by atoms with Gasteiger partial charge in [-0.2, -0.15) is 9.50 Å². The first kappa shape index (κ1) is 12.9. The lowest BCUT2D eigenvalue weighted by Gasteiger charge is -2.02. The van der Waals surface area contributed by atoms with E-state index in [1.54, 1.807) is 16.3 Å². The molecular weight excluding hydrogens is 272 g/mol. The van der Waals surface area contributed by atoms with Crippen LogP contribution in [-0.4, -0.2) is 19.6 Å². The minimum Gasteiger partial charge on any atom is -0.308 e. The first-order chi connectivity index (χ1) is 9.76. The van der Waals surface area contributed by atoms with Gasteiger partial charge in [0.15, 0.2) is 0 Å². The van der Waals surface area contributed by atoms with Crippen molar-refractivity contribution in [3.63, 3.8) is 0 Å². The van der Waals surface area contributed by atoms with E-state index in [0.29, 0.717) is 16.8 Å². The standard InChI is InChI=1S/C13H14N6S/c1-9-7-11(17-14)19-12(15-9)16-13(18-19)20-8-10-5-3-2-4-6-10/h2-7,17H,8,14H2,1H3.